The normalized spacial score (nSPS) is 12.0. The molecule has 1 amide bonds. The Hall–Kier alpha value is -3.18. The quantitative estimate of drug-likeness (QED) is 0.597. The number of hydrogen-bond donors (Lipinski definition) is 2. The van der Waals surface area contributed by atoms with Crippen molar-refractivity contribution in [1.29, 1.82) is 0 Å². The van der Waals surface area contributed by atoms with E-state index in [1.807, 2.05) is 4.72 Å². The zero-order valence-corrected chi connectivity index (χ0v) is 17.2. The maximum absolute atomic E-state index is 13.3. The molecule has 7 nitrogen and oxygen atoms in total. The van der Waals surface area contributed by atoms with Gasteiger partial charge in [0, 0.05) is 18.5 Å². The van der Waals surface area contributed by atoms with Gasteiger partial charge < -0.3 is 5.73 Å². The van der Waals surface area contributed by atoms with E-state index in [9.17, 15) is 26.4 Å². The van der Waals surface area contributed by atoms with Gasteiger partial charge in [0.25, 0.3) is 10.0 Å². The van der Waals surface area contributed by atoms with Crippen LogP contribution in [0.25, 0.3) is 16.9 Å². The molecule has 0 spiro atoms. The number of hydrogen-bond acceptors (Lipinski definition) is 5. The van der Waals surface area contributed by atoms with E-state index in [4.69, 9.17) is 5.73 Å². The van der Waals surface area contributed by atoms with Gasteiger partial charge in [-0.1, -0.05) is 31.2 Å². The van der Waals surface area contributed by atoms with Gasteiger partial charge in [-0.15, -0.1) is 0 Å². The van der Waals surface area contributed by atoms with Crippen molar-refractivity contribution in [2.75, 3.05) is 0 Å². The summed E-state index contributed by atoms with van der Waals surface area (Å²) in [6.07, 6.45) is -4.68. The van der Waals surface area contributed by atoms with Crippen molar-refractivity contribution < 1.29 is 26.4 Å². The molecule has 0 saturated heterocycles. The predicted molar refractivity (Wildman–Crippen MR) is 108 cm³/mol. The summed E-state index contributed by atoms with van der Waals surface area (Å²) >= 11 is 0. The van der Waals surface area contributed by atoms with Gasteiger partial charge in [-0.2, -0.15) is 18.3 Å². The average Bonchev–Trinajstić information content (AvgIpc) is 3.19. The standard InChI is InChI=1S/C20H19F3N4O3S/c1-2-19(28)26-31(29,30)16-9-7-15(8-10-16)27-17(11-18(25-27)20(21,22)23)14-5-3-13(12-24)4-6-14/h3-11H,2,12,24H2,1H3,(H,26,28). The molecule has 11 heteroatoms. The van der Waals surface area contributed by atoms with Gasteiger partial charge in [0.1, 0.15) is 0 Å². The molecule has 0 saturated carbocycles. The van der Waals surface area contributed by atoms with Crippen LogP contribution >= 0.6 is 0 Å². The fourth-order valence-electron chi connectivity index (χ4n) is 2.78. The molecule has 3 N–H and O–H groups in total. The predicted octanol–water partition coefficient (Wildman–Crippen LogP) is 3.23. The Kier molecular flexibility index (Phi) is 6.18. The Balaban J connectivity index is 2.05. The number of amides is 1. The minimum atomic E-state index is -4.66. The van der Waals surface area contributed by atoms with Crippen molar-refractivity contribution in [3.63, 3.8) is 0 Å². The molecule has 0 aliphatic rings. The first-order chi connectivity index (χ1) is 14.5. The maximum Gasteiger partial charge on any atom is 0.435 e. The first kappa shape index (κ1) is 22.5. The molecule has 0 atom stereocenters. The molecule has 31 heavy (non-hydrogen) atoms. The van der Waals surface area contributed by atoms with Crippen LogP contribution in [0.2, 0.25) is 0 Å². The van der Waals surface area contributed by atoms with Gasteiger partial charge >= 0.3 is 6.18 Å². The average molecular weight is 452 g/mol. The van der Waals surface area contributed by atoms with Crippen LogP contribution < -0.4 is 10.5 Å². The third-order valence-corrected chi connectivity index (χ3v) is 5.84. The Morgan fingerprint density at radius 1 is 1.10 bits per heavy atom. The second-order valence-electron chi connectivity index (χ2n) is 6.60. The topological polar surface area (TPSA) is 107 Å². The van der Waals surface area contributed by atoms with Crippen LogP contribution in [-0.4, -0.2) is 24.1 Å². The molecular formula is C20H19F3N4O3S. The van der Waals surface area contributed by atoms with Crippen molar-refractivity contribution in [3.8, 4) is 16.9 Å². The zero-order valence-electron chi connectivity index (χ0n) is 16.3. The first-order valence-electron chi connectivity index (χ1n) is 9.18. The summed E-state index contributed by atoms with van der Waals surface area (Å²) in [5.41, 5.74) is 6.16. The number of rotatable bonds is 6. The molecule has 0 unspecified atom stereocenters. The molecule has 164 valence electrons. The summed E-state index contributed by atoms with van der Waals surface area (Å²) in [6, 6.07) is 12.6. The molecule has 0 bridgehead atoms. The van der Waals surface area contributed by atoms with E-state index in [0.29, 0.717) is 5.56 Å². The molecule has 3 aromatic rings. The van der Waals surface area contributed by atoms with Crippen molar-refractivity contribution in [1.82, 2.24) is 14.5 Å². The highest BCUT2D eigenvalue weighted by molar-refractivity contribution is 7.90. The second-order valence-corrected chi connectivity index (χ2v) is 8.28. The Labute approximate surface area is 176 Å². The minimum Gasteiger partial charge on any atom is -0.326 e. The van der Waals surface area contributed by atoms with Crippen LogP contribution in [0.5, 0.6) is 0 Å². The van der Waals surface area contributed by atoms with Gasteiger partial charge in [0.2, 0.25) is 5.91 Å². The number of nitrogens with zero attached hydrogens (tertiary/aromatic N) is 2. The van der Waals surface area contributed by atoms with Crippen LogP contribution in [0.4, 0.5) is 13.2 Å². The summed E-state index contributed by atoms with van der Waals surface area (Å²) in [5, 5.41) is 3.67. The molecule has 3 rings (SSSR count). The van der Waals surface area contributed by atoms with E-state index >= 15 is 0 Å². The molecule has 0 fully saturated rings. The molecular weight excluding hydrogens is 433 g/mol. The largest absolute Gasteiger partial charge is 0.435 e. The highest BCUT2D eigenvalue weighted by atomic mass is 32.2. The highest BCUT2D eigenvalue weighted by Gasteiger charge is 2.35. The maximum atomic E-state index is 13.3. The number of nitrogens with one attached hydrogen (secondary N) is 1. The Bertz CT molecular complexity index is 1190. The van der Waals surface area contributed by atoms with Gasteiger partial charge in [-0.3, -0.25) is 4.79 Å². The number of alkyl halides is 3. The monoisotopic (exact) mass is 452 g/mol. The molecule has 1 heterocycles. The van der Waals surface area contributed by atoms with Crippen LogP contribution in [-0.2, 0) is 27.5 Å². The lowest BCUT2D eigenvalue weighted by atomic mass is 10.1. The highest BCUT2D eigenvalue weighted by Crippen LogP contribution is 2.33. The Morgan fingerprint density at radius 2 is 1.71 bits per heavy atom. The molecule has 0 radical (unpaired) electrons. The number of aromatic nitrogens is 2. The third kappa shape index (κ3) is 4.94. The van der Waals surface area contributed by atoms with E-state index in [2.05, 4.69) is 5.10 Å². The van der Waals surface area contributed by atoms with Crippen LogP contribution in [0.1, 0.15) is 24.6 Å². The molecule has 0 aliphatic carbocycles. The van der Waals surface area contributed by atoms with Crippen molar-refractivity contribution in [3.05, 3.63) is 65.9 Å². The van der Waals surface area contributed by atoms with Gasteiger partial charge in [0.05, 0.1) is 16.3 Å². The first-order valence-corrected chi connectivity index (χ1v) is 10.7. The lowest BCUT2D eigenvalue weighted by Gasteiger charge is -2.10. The van der Waals surface area contributed by atoms with Gasteiger partial charge in [-0.05, 0) is 35.9 Å². The van der Waals surface area contributed by atoms with E-state index in [1.165, 1.54) is 31.2 Å². The molecule has 1 aromatic heterocycles. The fourth-order valence-corrected chi connectivity index (χ4v) is 3.84. The van der Waals surface area contributed by atoms with Crippen LogP contribution in [0, 0.1) is 0 Å². The van der Waals surface area contributed by atoms with Crippen molar-refractivity contribution in [2.24, 2.45) is 5.73 Å². The number of benzene rings is 2. The van der Waals surface area contributed by atoms with Crippen molar-refractivity contribution >= 4 is 15.9 Å². The van der Waals surface area contributed by atoms with E-state index < -0.39 is 27.8 Å². The lowest BCUT2D eigenvalue weighted by Crippen LogP contribution is -2.29. The van der Waals surface area contributed by atoms with E-state index in [0.717, 1.165) is 16.3 Å². The van der Waals surface area contributed by atoms with E-state index in [-0.39, 0.29) is 29.2 Å². The summed E-state index contributed by atoms with van der Waals surface area (Å²) in [6.45, 7) is 1.79. The Morgan fingerprint density at radius 3 is 2.23 bits per heavy atom. The molecule has 2 aromatic carbocycles. The summed E-state index contributed by atoms with van der Waals surface area (Å²) in [4.78, 5) is 11.2. The third-order valence-electron chi connectivity index (χ3n) is 4.45. The summed E-state index contributed by atoms with van der Waals surface area (Å²) < 4.78 is 67.3. The van der Waals surface area contributed by atoms with Gasteiger partial charge in [0.15, 0.2) is 5.69 Å². The number of sulfonamides is 1. The minimum absolute atomic E-state index is 0.0167. The zero-order chi connectivity index (χ0) is 22.8. The van der Waals surface area contributed by atoms with Crippen LogP contribution in [0.3, 0.4) is 0 Å². The smallest absolute Gasteiger partial charge is 0.326 e. The van der Waals surface area contributed by atoms with E-state index in [1.54, 1.807) is 24.3 Å². The second kappa shape index (κ2) is 8.52. The summed E-state index contributed by atoms with van der Waals surface area (Å²) in [5.74, 6) is -0.672. The molecule has 0 aliphatic heterocycles. The SMILES string of the molecule is CCC(=O)NS(=O)(=O)c1ccc(-n2nc(C(F)(F)F)cc2-c2ccc(CN)cc2)cc1. The number of carbonyl (C=O) groups is 1. The van der Waals surface area contributed by atoms with Crippen molar-refractivity contribution in [2.45, 2.75) is 31.0 Å². The number of carbonyl (C=O) groups excluding carboxylic acids is 1. The van der Waals surface area contributed by atoms with Gasteiger partial charge in [-0.25, -0.2) is 17.8 Å². The summed E-state index contributed by atoms with van der Waals surface area (Å²) in [7, 11) is -4.08. The number of nitrogens with two attached hydrogens (primary N) is 1. The van der Waals surface area contributed by atoms with Crippen LogP contribution in [0.15, 0.2) is 59.5 Å². The fraction of sp³-hybridized carbons (Fsp3) is 0.200. The number of halogens is 3. The lowest BCUT2D eigenvalue weighted by molar-refractivity contribution is -0.141.